The molecular formula is C26H29N5O7. The number of aromatic amines is 1. The van der Waals surface area contributed by atoms with Crippen LogP contribution in [-0.2, 0) is 36.8 Å². The van der Waals surface area contributed by atoms with Gasteiger partial charge in [0.05, 0.1) is 19.0 Å². The van der Waals surface area contributed by atoms with Crippen LogP contribution in [0.5, 0.6) is 0 Å². The van der Waals surface area contributed by atoms with Crippen molar-refractivity contribution in [2.24, 2.45) is 5.73 Å². The van der Waals surface area contributed by atoms with E-state index in [1.54, 1.807) is 36.5 Å². The SMILES string of the molecule is NC(CC(=O)O)C(=O)NCC(=O)NC(Cc1c[nH]c2ccccc12)C(=O)NC(Cc1ccccc1)C(=O)O. The number of nitrogens with one attached hydrogen (secondary N) is 4. The first-order chi connectivity index (χ1) is 18.1. The van der Waals surface area contributed by atoms with E-state index in [1.165, 1.54) is 0 Å². The molecule has 12 nitrogen and oxygen atoms in total. The molecule has 3 aromatic rings. The molecule has 0 aliphatic carbocycles. The molecule has 3 atom stereocenters. The van der Waals surface area contributed by atoms with E-state index in [-0.39, 0.29) is 12.8 Å². The molecule has 0 bridgehead atoms. The van der Waals surface area contributed by atoms with Crippen molar-refractivity contribution in [2.45, 2.75) is 37.4 Å². The average Bonchev–Trinajstić information content (AvgIpc) is 3.29. The zero-order chi connectivity index (χ0) is 27.7. The van der Waals surface area contributed by atoms with Gasteiger partial charge in [-0.2, -0.15) is 0 Å². The third-order valence-corrected chi connectivity index (χ3v) is 5.80. The Bertz CT molecular complexity index is 1310. The number of aliphatic carboxylic acids is 2. The minimum Gasteiger partial charge on any atom is -0.481 e. The number of fused-ring (bicyclic) bond motifs is 1. The quantitative estimate of drug-likeness (QED) is 0.161. The lowest BCUT2D eigenvalue weighted by Crippen LogP contribution is -2.55. The van der Waals surface area contributed by atoms with Crippen molar-refractivity contribution in [1.29, 1.82) is 0 Å². The molecule has 0 saturated heterocycles. The van der Waals surface area contributed by atoms with Crippen LogP contribution >= 0.6 is 0 Å². The van der Waals surface area contributed by atoms with E-state index in [0.29, 0.717) is 11.1 Å². The first-order valence-corrected chi connectivity index (χ1v) is 11.8. The molecule has 0 spiro atoms. The Hall–Kier alpha value is -4.71. The number of carbonyl (C=O) groups is 5. The molecule has 12 heteroatoms. The maximum absolute atomic E-state index is 13.2. The number of hydrogen-bond acceptors (Lipinski definition) is 6. The molecule has 3 rings (SSSR count). The zero-order valence-corrected chi connectivity index (χ0v) is 20.3. The van der Waals surface area contributed by atoms with Gasteiger partial charge in [0, 0.05) is 29.9 Å². The number of carboxylic acids is 2. The molecule has 3 unspecified atom stereocenters. The normalized spacial score (nSPS) is 13.2. The number of H-pyrrole nitrogens is 1. The monoisotopic (exact) mass is 523 g/mol. The van der Waals surface area contributed by atoms with E-state index in [0.717, 1.165) is 10.9 Å². The van der Waals surface area contributed by atoms with Crippen molar-refractivity contribution in [2.75, 3.05) is 6.54 Å². The van der Waals surface area contributed by atoms with Crippen molar-refractivity contribution in [3.05, 3.63) is 71.9 Å². The summed E-state index contributed by atoms with van der Waals surface area (Å²) >= 11 is 0. The third kappa shape index (κ3) is 7.90. The van der Waals surface area contributed by atoms with Gasteiger partial charge in [0.15, 0.2) is 0 Å². The number of aromatic nitrogens is 1. The fourth-order valence-electron chi connectivity index (χ4n) is 3.88. The summed E-state index contributed by atoms with van der Waals surface area (Å²) in [5, 5.41) is 26.6. The van der Waals surface area contributed by atoms with Crippen LogP contribution in [0.3, 0.4) is 0 Å². The first kappa shape index (κ1) is 27.9. The number of carbonyl (C=O) groups excluding carboxylic acids is 3. The lowest BCUT2D eigenvalue weighted by molar-refractivity contribution is -0.142. The second-order valence-corrected chi connectivity index (χ2v) is 8.70. The summed E-state index contributed by atoms with van der Waals surface area (Å²) in [6, 6.07) is 12.4. The molecule has 1 heterocycles. The molecule has 0 fully saturated rings. The zero-order valence-electron chi connectivity index (χ0n) is 20.3. The van der Waals surface area contributed by atoms with Crippen LogP contribution in [0.15, 0.2) is 60.8 Å². The first-order valence-electron chi connectivity index (χ1n) is 11.8. The highest BCUT2D eigenvalue weighted by molar-refractivity contribution is 5.94. The fraction of sp³-hybridized carbons (Fsp3) is 0.269. The minimum atomic E-state index is -1.35. The standard InChI is InChI=1S/C26H29N5O7/c27-18(12-23(33)34)24(35)29-14-22(32)30-20(11-16-13-28-19-9-5-4-8-17(16)19)25(36)31-21(26(37)38)10-15-6-2-1-3-7-15/h1-9,13,18,20-21,28H,10-12,14,27H2,(H,29,35)(H,30,32)(H,31,36)(H,33,34)(H,37,38). The summed E-state index contributed by atoms with van der Waals surface area (Å²) in [4.78, 5) is 63.5. The van der Waals surface area contributed by atoms with Crippen molar-refractivity contribution in [3.8, 4) is 0 Å². The van der Waals surface area contributed by atoms with Gasteiger partial charge in [-0.05, 0) is 17.2 Å². The lowest BCUT2D eigenvalue weighted by atomic mass is 10.0. The number of benzene rings is 2. The summed E-state index contributed by atoms with van der Waals surface area (Å²) in [6.07, 6.45) is 1.15. The molecule has 2 aromatic carbocycles. The Kier molecular flexibility index (Phi) is 9.54. The highest BCUT2D eigenvalue weighted by Gasteiger charge is 2.28. The number of rotatable bonds is 13. The summed E-state index contributed by atoms with van der Waals surface area (Å²) in [6.45, 7) is -0.559. The van der Waals surface area contributed by atoms with Crippen molar-refractivity contribution in [3.63, 3.8) is 0 Å². The van der Waals surface area contributed by atoms with Gasteiger partial charge in [0.25, 0.3) is 0 Å². The molecule has 0 aliphatic heterocycles. The van der Waals surface area contributed by atoms with Gasteiger partial charge in [0.2, 0.25) is 17.7 Å². The van der Waals surface area contributed by atoms with Gasteiger partial charge in [-0.1, -0.05) is 48.5 Å². The Morgan fingerprint density at radius 3 is 2.21 bits per heavy atom. The molecule has 0 aliphatic rings. The predicted octanol–water partition coefficient (Wildman–Crippen LogP) is -0.0745. The number of para-hydroxylation sites is 1. The number of carboxylic acid groups (broad SMARTS) is 2. The highest BCUT2D eigenvalue weighted by Crippen LogP contribution is 2.19. The van der Waals surface area contributed by atoms with E-state index < -0.39 is 60.8 Å². The van der Waals surface area contributed by atoms with E-state index in [2.05, 4.69) is 20.9 Å². The molecular weight excluding hydrogens is 494 g/mol. The van der Waals surface area contributed by atoms with Crippen LogP contribution in [-0.4, -0.2) is 69.5 Å². The third-order valence-electron chi connectivity index (χ3n) is 5.80. The Labute approximate surface area is 217 Å². The molecule has 8 N–H and O–H groups in total. The lowest BCUT2D eigenvalue weighted by Gasteiger charge is -2.22. The second kappa shape index (κ2) is 13.0. The van der Waals surface area contributed by atoms with E-state index in [1.807, 2.05) is 24.3 Å². The molecule has 0 saturated carbocycles. The van der Waals surface area contributed by atoms with Crippen molar-refractivity contribution >= 4 is 40.6 Å². The van der Waals surface area contributed by atoms with Gasteiger partial charge in [0.1, 0.15) is 12.1 Å². The van der Waals surface area contributed by atoms with E-state index >= 15 is 0 Å². The molecule has 0 radical (unpaired) electrons. The van der Waals surface area contributed by atoms with Crippen LogP contribution in [0.4, 0.5) is 0 Å². The van der Waals surface area contributed by atoms with Crippen LogP contribution in [0.1, 0.15) is 17.5 Å². The highest BCUT2D eigenvalue weighted by atomic mass is 16.4. The smallest absolute Gasteiger partial charge is 0.326 e. The Balaban J connectivity index is 1.74. The van der Waals surface area contributed by atoms with Gasteiger partial charge in [-0.25, -0.2) is 4.79 Å². The van der Waals surface area contributed by atoms with Crippen molar-refractivity contribution < 1.29 is 34.2 Å². The topological polar surface area (TPSA) is 204 Å². The summed E-state index contributed by atoms with van der Waals surface area (Å²) < 4.78 is 0. The maximum Gasteiger partial charge on any atom is 0.326 e. The minimum absolute atomic E-state index is 0.0335. The summed E-state index contributed by atoms with van der Waals surface area (Å²) in [5.41, 5.74) is 7.73. The molecule has 1 aromatic heterocycles. The van der Waals surface area contributed by atoms with E-state index in [4.69, 9.17) is 10.8 Å². The fourth-order valence-corrected chi connectivity index (χ4v) is 3.88. The molecule has 38 heavy (non-hydrogen) atoms. The Morgan fingerprint density at radius 1 is 0.842 bits per heavy atom. The molecule has 3 amide bonds. The van der Waals surface area contributed by atoms with Gasteiger partial charge < -0.3 is 36.9 Å². The molecule has 200 valence electrons. The predicted molar refractivity (Wildman–Crippen MR) is 137 cm³/mol. The summed E-state index contributed by atoms with van der Waals surface area (Å²) in [5.74, 6) is -4.80. The largest absolute Gasteiger partial charge is 0.481 e. The van der Waals surface area contributed by atoms with Gasteiger partial charge in [-0.15, -0.1) is 0 Å². The van der Waals surface area contributed by atoms with Crippen LogP contribution in [0.2, 0.25) is 0 Å². The Morgan fingerprint density at radius 2 is 1.53 bits per heavy atom. The van der Waals surface area contributed by atoms with Crippen LogP contribution in [0, 0.1) is 0 Å². The van der Waals surface area contributed by atoms with Gasteiger partial charge >= 0.3 is 11.9 Å². The number of amides is 3. The maximum atomic E-state index is 13.2. The van der Waals surface area contributed by atoms with Crippen LogP contribution in [0.25, 0.3) is 10.9 Å². The van der Waals surface area contributed by atoms with E-state index in [9.17, 15) is 29.1 Å². The van der Waals surface area contributed by atoms with Crippen LogP contribution < -0.4 is 21.7 Å². The average molecular weight is 524 g/mol. The summed E-state index contributed by atoms with van der Waals surface area (Å²) in [7, 11) is 0. The number of nitrogens with two attached hydrogens (primary N) is 1. The van der Waals surface area contributed by atoms with Gasteiger partial charge in [-0.3, -0.25) is 19.2 Å². The van der Waals surface area contributed by atoms with Crippen molar-refractivity contribution in [1.82, 2.24) is 20.9 Å². The number of hydrogen-bond donors (Lipinski definition) is 7. The second-order valence-electron chi connectivity index (χ2n) is 8.70.